The number of nitriles is 1. The Bertz CT molecular complexity index is 634. The number of aromatic amines is 1. The van der Waals surface area contributed by atoms with E-state index in [0.29, 0.717) is 0 Å². The number of benzene rings is 1. The molecule has 2 aromatic rings. The molecule has 0 aliphatic heterocycles. The van der Waals surface area contributed by atoms with Crippen molar-refractivity contribution < 1.29 is 0 Å². The summed E-state index contributed by atoms with van der Waals surface area (Å²) in [6.45, 7) is 2.02. The Hall–Kier alpha value is -1.46. The summed E-state index contributed by atoms with van der Waals surface area (Å²) in [5, 5.41) is 11.2. The third-order valence-electron chi connectivity index (χ3n) is 3.71. The first kappa shape index (κ1) is 10.7. The van der Waals surface area contributed by atoms with Crippen molar-refractivity contribution in [1.82, 2.24) is 4.98 Å². The lowest BCUT2D eigenvalue weighted by Crippen LogP contribution is -2.06. The minimum absolute atomic E-state index is 0.0353. The maximum atomic E-state index is 9.25. The van der Waals surface area contributed by atoms with Crippen LogP contribution in [0.1, 0.15) is 35.6 Å². The summed E-state index contributed by atoms with van der Waals surface area (Å²) in [6, 6.07) is 6.38. The molecular weight excluding hydrogens is 232 g/mol. The summed E-state index contributed by atoms with van der Waals surface area (Å²) in [4.78, 5) is 3.45. The Morgan fingerprint density at radius 1 is 1.47 bits per heavy atom. The van der Waals surface area contributed by atoms with Crippen LogP contribution in [0.25, 0.3) is 10.9 Å². The monoisotopic (exact) mass is 244 g/mol. The van der Waals surface area contributed by atoms with Gasteiger partial charge >= 0.3 is 0 Å². The molecule has 0 radical (unpaired) electrons. The number of hydrogen-bond acceptors (Lipinski definition) is 1. The zero-order valence-electron chi connectivity index (χ0n) is 9.68. The van der Waals surface area contributed by atoms with Gasteiger partial charge in [-0.2, -0.15) is 5.26 Å². The number of nitrogens with one attached hydrogen (secondary N) is 1. The third kappa shape index (κ3) is 1.46. The first-order valence-corrected chi connectivity index (χ1v) is 6.29. The van der Waals surface area contributed by atoms with Crippen molar-refractivity contribution in [1.29, 1.82) is 5.26 Å². The van der Waals surface area contributed by atoms with Gasteiger partial charge in [0.2, 0.25) is 0 Å². The molecule has 1 N–H and O–H groups in total. The van der Waals surface area contributed by atoms with Gasteiger partial charge in [-0.15, -0.1) is 0 Å². The van der Waals surface area contributed by atoms with Crippen molar-refractivity contribution in [2.24, 2.45) is 0 Å². The van der Waals surface area contributed by atoms with E-state index >= 15 is 0 Å². The van der Waals surface area contributed by atoms with E-state index in [9.17, 15) is 5.26 Å². The molecule has 2 nitrogen and oxygen atoms in total. The first-order valence-electron chi connectivity index (χ1n) is 5.91. The fraction of sp³-hybridized carbons (Fsp3) is 0.357. The Balaban J connectivity index is 2.36. The molecule has 0 saturated heterocycles. The molecule has 1 aromatic heterocycles. The predicted octanol–water partition coefficient (Wildman–Crippen LogP) is 4.07. The number of rotatable bonds is 0. The van der Waals surface area contributed by atoms with Gasteiger partial charge in [0.1, 0.15) is 0 Å². The molecule has 1 unspecified atom stereocenters. The van der Waals surface area contributed by atoms with Crippen LogP contribution in [0.3, 0.4) is 0 Å². The molecule has 1 atom stereocenters. The average Bonchev–Trinajstić information content (AvgIpc) is 2.73. The third-order valence-corrected chi connectivity index (χ3v) is 4.12. The second-order valence-corrected chi connectivity index (χ2v) is 5.09. The van der Waals surface area contributed by atoms with Crippen molar-refractivity contribution in [2.45, 2.75) is 32.1 Å². The van der Waals surface area contributed by atoms with E-state index in [4.69, 9.17) is 11.6 Å². The zero-order chi connectivity index (χ0) is 12.0. The van der Waals surface area contributed by atoms with E-state index < -0.39 is 0 Å². The summed E-state index contributed by atoms with van der Waals surface area (Å²) in [5.74, 6) is 0.0353. The molecule has 17 heavy (non-hydrogen) atoms. The zero-order valence-corrected chi connectivity index (χ0v) is 10.4. The molecule has 0 saturated carbocycles. The molecule has 0 bridgehead atoms. The fourth-order valence-electron chi connectivity index (χ4n) is 2.80. The normalized spacial score (nSPS) is 19.0. The van der Waals surface area contributed by atoms with Crippen molar-refractivity contribution in [3.63, 3.8) is 0 Å². The smallest absolute Gasteiger partial charge is 0.0736 e. The maximum absolute atomic E-state index is 9.25. The summed E-state index contributed by atoms with van der Waals surface area (Å²) in [7, 11) is 0. The highest BCUT2D eigenvalue weighted by Crippen LogP contribution is 2.38. The van der Waals surface area contributed by atoms with Crippen molar-refractivity contribution in [3.05, 3.63) is 34.0 Å². The molecule has 1 aliphatic rings. The number of H-pyrrole nitrogens is 1. The largest absolute Gasteiger partial charge is 0.358 e. The van der Waals surface area contributed by atoms with Gasteiger partial charge in [-0.25, -0.2) is 0 Å². The Kier molecular flexibility index (Phi) is 2.38. The second kappa shape index (κ2) is 3.78. The maximum Gasteiger partial charge on any atom is 0.0736 e. The van der Waals surface area contributed by atoms with Crippen LogP contribution in [-0.2, 0) is 6.42 Å². The molecule has 1 aromatic carbocycles. The summed E-state index contributed by atoms with van der Waals surface area (Å²) in [5.41, 5.74) is 4.61. The van der Waals surface area contributed by atoms with Crippen molar-refractivity contribution >= 4 is 22.5 Å². The van der Waals surface area contributed by atoms with E-state index in [0.717, 1.165) is 35.4 Å². The minimum Gasteiger partial charge on any atom is -0.358 e. The predicted molar refractivity (Wildman–Crippen MR) is 69.3 cm³/mol. The van der Waals surface area contributed by atoms with E-state index in [1.165, 1.54) is 16.6 Å². The molecule has 3 rings (SSSR count). The van der Waals surface area contributed by atoms with Gasteiger partial charge in [0.05, 0.1) is 17.5 Å². The number of halogens is 1. The SMILES string of the molecule is Cc1c(Cl)ccc2c3c([nH]c12)CCCC3C#N. The van der Waals surface area contributed by atoms with Gasteiger partial charge in [-0.1, -0.05) is 17.7 Å². The lowest BCUT2D eigenvalue weighted by molar-refractivity contribution is 0.633. The van der Waals surface area contributed by atoms with Crippen LogP contribution < -0.4 is 0 Å². The van der Waals surface area contributed by atoms with Gasteiger partial charge in [0.25, 0.3) is 0 Å². The van der Waals surface area contributed by atoms with E-state index in [1.54, 1.807) is 0 Å². The molecule has 1 heterocycles. The fourth-order valence-corrected chi connectivity index (χ4v) is 2.96. The molecular formula is C14H13ClN2. The standard InChI is InChI=1S/C14H13ClN2/c1-8-11(15)6-5-10-13-9(7-16)3-2-4-12(13)17-14(8)10/h5-6,9,17H,2-4H2,1H3. The highest BCUT2D eigenvalue weighted by Gasteiger charge is 2.25. The average molecular weight is 245 g/mol. The van der Waals surface area contributed by atoms with Gasteiger partial charge in [-0.3, -0.25) is 0 Å². The van der Waals surface area contributed by atoms with E-state index in [2.05, 4.69) is 11.1 Å². The Morgan fingerprint density at radius 3 is 3.06 bits per heavy atom. The number of nitrogens with zero attached hydrogens (tertiary/aromatic N) is 1. The highest BCUT2D eigenvalue weighted by atomic mass is 35.5. The summed E-state index contributed by atoms with van der Waals surface area (Å²) >= 11 is 6.14. The van der Waals surface area contributed by atoms with E-state index in [-0.39, 0.29) is 5.92 Å². The number of hydrogen-bond donors (Lipinski definition) is 1. The van der Waals surface area contributed by atoms with Crippen LogP contribution in [0, 0.1) is 18.3 Å². The van der Waals surface area contributed by atoms with Crippen LogP contribution in [0.4, 0.5) is 0 Å². The van der Waals surface area contributed by atoms with E-state index in [1.807, 2.05) is 19.1 Å². The first-order chi connectivity index (χ1) is 8.22. The van der Waals surface area contributed by atoms with Gasteiger partial charge in [-0.05, 0) is 43.4 Å². The van der Waals surface area contributed by atoms with Crippen LogP contribution in [-0.4, -0.2) is 4.98 Å². The lowest BCUT2D eigenvalue weighted by atomic mass is 9.86. The van der Waals surface area contributed by atoms with Crippen LogP contribution in [0.15, 0.2) is 12.1 Å². The minimum atomic E-state index is 0.0353. The molecule has 86 valence electrons. The number of fused-ring (bicyclic) bond motifs is 3. The number of aryl methyl sites for hydroxylation is 2. The number of aromatic nitrogens is 1. The van der Waals surface area contributed by atoms with Crippen molar-refractivity contribution in [2.75, 3.05) is 0 Å². The second-order valence-electron chi connectivity index (χ2n) is 4.69. The summed E-state index contributed by atoms with van der Waals surface area (Å²) < 4.78 is 0. The molecule has 3 heteroatoms. The van der Waals surface area contributed by atoms with Crippen LogP contribution >= 0.6 is 11.6 Å². The van der Waals surface area contributed by atoms with Gasteiger partial charge < -0.3 is 4.98 Å². The molecule has 0 spiro atoms. The summed E-state index contributed by atoms with van der Waals surface area (Å²) in [6.07, 6.45) is 3.10. The van der Waals surface area contributed by atoms with Gasteiger partial charge in [0, 0.05) is 16.1 Å². The van der Waals surface area contributed by atoms with Crippen LogP contribution in [0.5, 0.6) is 0 Å². The lowest BCUT2D eigenvalue weighted by Gasteiger charge is -2.16. The Labute approximate surface area is 105 Å². The molecule has 0 amide bonds. The molecule has 1 aliphatic carbocycles. The van der Waals surface area contributed by atoms with Crippen LogP contribution in [0.2, 0.25) is 5.02 Å². The molecule has 0 fully saturated rings. The Morgan fingerprint density at radius 2 is 2.29 bits per heavy atom. The van der Waals surface area contributed by atoms with Gasteiger partial charge in [0.15, 0.2) is 0 Å². The topological polar surface area (TPSA) is 39.6 Å². The highest BCUT2D eigenvalue weighted by molar-refractivity contribution is 6.32. The van der Waals surface area contributed by atoms with Crippen molar-refractivity contribution in [3.8, 4) is 6.07 Å². The quantitative estimate of drug-likeness (QED) is 0.745.